The zero-order chi connectivity index (χ0) is 24.5. The average molecular weight is 491 g/mol. The number of amides is 1. The van der Waals surface area contributed by atoms with Crippen LogP contribution >= 0.6 is 0 Å². The van der Waals surface area contributed by atoms with Crippen LogP contribution in [0.1, 0.15) is 93.0 Å². The smallest absolute Gasteiger partial charge is 0.282 e. The van der Waals surface area contributed by atoms with Crippen molar-refractivity contribution in [1.82, 2.24) is 40.4 Å². The number of tetrazole rings is 1. The van der Waals surface area contributed by atoms with E-state index >= 15 is 0 Å². The van der Waals surface area contributed by atoms with E-state index in [9.17, 15) is 9.59 Å². The molecule has 3 atom stereocenters. The molecule has 1 amide bonds. The monoisotopic (exact) mass is 490 g/mol. The number of carbonyl (C=O) groups is 1. The second-order valence-electron chi connectivity index (χ2n) is 10.6. The number of H-pyrrole nitrogens is 1. The molecule has 0 radical (unpaired) electrons. The summed E-state index contributed by atoms with van der Waals surface area (Å²) < 4.78 is 1.87. The summed E-state index contributed by atoms with van der Waals surface area (Å²) in [6, 6.07) is 9.42. The highest BCUT2D eigenvalue weighted by atomic mass is 16.2. The topological polar surface area (TPSA) is 122 Å². The highest BCUT2D eigenvalue weighted by Gasteiger charge is 2.44. The molecule has 3 fully saturated rings. The number of hydrogen-bond acceptors (Lipinski definition) is 7. The summed E-state index contributed by atoms with van der Waals surface area (Å²) >= 11 is 0. The van der Waals surface area contributed by atoms with E-state index in [0.29, 0.717) is 29.5 Å². The predicted octanol–water partition coefficient (Wildman–Crippen LogP) is 3.12. The van der Waals surface area contributed by atoms with E-state index in [4.69, 9.17) is 0 Å². The molecule has 3 aromatic rings. The molecule has 2 bridgehead atoms. The average Bonchev–Trinajstić information content (AvgIpc) is 3.47. The molecular formula is C26H34N8O2. The zero-order valence-corrected chi connectivity index (χ0v) is 20.6. The summed E-state index contributed by atoms with van der Waals surface area (Å²) in [5.74, 6) is -0.165. The summed E-state index contributed by atoms with van der Waals surface area (Å²) in [6.45, 7) is 0.0766. The molecular weight excluding hydrogens is 456 g/mol. The van der Waals surface area contributed by atoms with Gasteiger partial charge in [-0.2, -0.15) is 5.21 Å². The molecule has 3 aliphatic rings. The fraction of sp³-hybridized carbons (Fsp3) is 0.615. The van der Waals surface area contributed by atoms with Crippen LogP contribution in [-0.4, -0.2) is 59.1 Å². The SMILES string of the molecule is O=C(NCc1nn[nH]n1)c1nc2ccccc2n(C2C[C@H]3CC[C@@H](C2)N3C2CCCCCCC2)c1=O. The van der Waals surface area contributed by atoms with Gasteiger partial charge in [-0.15, -0.1) is 10.2 Å². The third-order valence-electron chi connectivity index (χ3n) is 8.43. The number of para-hydroxylation sites is 2. The zero-order valence-electron chi connectivity index (χ0n) is 20.6. The lowest BCUT2D eigenvalue weighted by molar-refractivity contribution is 0.0497. The van der Waals surface area contributed by atoms with Gasteiger partial charge < -0.3 is 9.88 Å². The molecule has 1 aliphatic carbocycles. The Bertz CT molecular complexity index is 1250. The summed E-state index contributed by atoms with van der Waals surface area (Å²) in [7, 11) is 0. The maximum atomic E-state index is 13.8. The molecule has 1 unspecified atom stereocenters. The van der Waals surface area contributed by atoms with Crippen LogP contribution in [0.25, 0.3) is 11.0 Å². The van der Waals surface area contributed by atoms with Crippen LogP contribution < -0.4 is 10.9 Å². The minimum absolute atomic E-state index is 0.0662. The molecule has 10 heteroatoms. The van der Waals surface area contributed by atoms with Crippen molar-refractivity contribution in [3.05, 3.63) is 46.1 Å². The first-order valence-corrected chi connectivity index (χ1v) is 13.5. The number of piperidine rings is 1. The number of aromatic nitrogens is 6. The van der Waals surface area contributed by atoms with Crippen LogP contribution in [0.4, 0.5) is 0 Å². The molecule has 6 rings (SSSR count). The number of rotatable bonds is 5. The minimum Gasteiger partial charge on any atom is -0.343 e. The fourth-order valence-electron chi connectivity index (χ4n) is 6.89. The van der Waals surface area contributed by atoms with Crippen molar-refractivity contribution in [3.8, 4) is 0 Å². The molecule has 2 saturated heterocycles. The lowest BCUT2D eigenvalue weighted by atomic mass is 9.89. The van der Waals surface area contributed by atoms with Gasteiger partial charge in [-0.05, 0) is 50.7 Å². The van der Waals surface area contributed by atoms with E-state index in [0.717, 1.165) is 18.4 Å². The van der Waals surface area contributed by atoms with Crippen molar-refractivity contribution in [3.63, 3.8) is 0 Å². The molecule has 0 spiro atoms. The Hall–Kier alpha value is -3.14. The lowest BCUT2D eigenvalue weighted by Gasteiger charge is -2.45. The molecule has 1 saturated carbocycles. The summed E-state index contributed by atoms with van der Waals surface area (Å²) in [4.78, 5) is 34.1. The summed E-state index contributed by atoms with van der Waals surface area (Å²) in [6.07, 6.45) is 13.7. The van der Waals surface area contributed by atoms with Crippen LogP contribution in [-0.2, 0) is 6.54 Å². The van der Waals surface area contributed by atoms with Gasteiger partial charge in [0.1, 0.15) is 0 Å². The van der Waals surface area contributed by atoms with E-state index in [2.05, 4.69) is 35.8 Å². The number of aromatic amines is 1. The van der Waals surface area contributed by atoms with Crippen LogP contribution in [0.3, 0.4) is 0 Å². The van der Waals surface area contributed by atoms with Gasteiger partial charge in [0.25, 0.3) is 11.5 Å². The molecule has 2 aromatic heterocycles. The van der Waals surface area contributed by atoms with Gasteiger partial charge in [0.15, 0.2) is 11.5 Å². The maximum Gasteiger partial charge on any atom is 0.282 e. The van der Waals surface area contributed by atoms with E-state index in [1.807, 2.05) is 28.8 Å². The third-order valence-corrected chi connectivity index (χ3v) is 8.43. The van der Waals surface area contributed by atoms with Crippen molar-refractivity contribution in [2.45, 2.75) is 101 Å². The van der Waals surface area contributed by atoms with Gasteiger partial charge in [-0.25, -0.2) is 4.98 Å². The standard InChI is InChI=1S/C26H34N8O2/c35-25(27-16-23-29-31-32-30-23)24-26(36)34(22-11-7-6-10-21(22)28-24)20-14-18-12-13-19(15-20)33(18)17-8-4-2-1-3-5-9-17/h6-7,10-11,17-20H,1-5,8-9,12-16H2,(H,27,35)(H,29,30,31,32)/t18-,19+,20?. The Morgan fingerprint density at radius 3 is 2.39 bits per heavy atom. The van der Waals surface area contributed by atoms with Gasteiger partial charge >= 0.3 is 0 Å². The lowest BCUT2D eigenvalue weighted by Crippen LogP contribution is -2.50. The van der Waals surface area contributed by atoms with Gasteiger partial charge in [0, 0.05) is 24.2 Å². The molecule has 36 heavy (non-hydrogen) atoms. The van der Waals surface area contributed by atoms with Gasteiger partial charge in [0.2, 0.25) is 0 Å². The number of nitrogens with one attached hydrogen (secondary N) is 2. The van der Waals surface area contributed by atoms with E-state index in [-0.39, 0.29) is 23.8 Å². The molecule has 10 nitrogen and oxygen atoms in total. The minimum atomic E-state index is -0.515. The Labute approximate surface area is 209 Å². The van der Waals surface area contributed by atoms with Crippen molar-refractivity contribution < 1.29 is 4.79 Å². The highest BCUT2D eigenvalue weighted by Crippen LogP contribution is 2.44. The normalized spacial score (nSPS) is 25.5. The number of nitrogens with zero attached hydrogens (tertiary/aromatic N) is 6. The Morgan fingerprint density at radius 1 is 0.944 bits per heavy atom. The molecule has 190 valence electrons. The number of carbonyl (C=O) groups excluding carboxylic acids is 1. The van der Waals surface area contributed by atoms with Gasteiger partial charge in [-0.1, -0.05) is 49.5 Å². The number of hydrogen-bond donors (Lipinski definition) is 2. The molecule has 2 aliphatic heterocycles. The first-order valence-electron chi connectivity index (χ1n) is 13.5. The molecule has 1 aromatic carbocycles. The van der Waals surface area contributed by atoms with Crippen molar-refractivity contribution >= 4 is 16.9 Å². The van der Waals surface area contributed by atoms with Crippen molar-refractivity contribution in [1.29, 1.82) is 0 Å². The Morgan fingerprint density at radius 2 is 1.67 bits per heavy atom. The molecule has 2 N–H and O–H groups in total. The predicted molar refractivity (Wildman–Crippen MR) is 134 cm³/mol. The van der Waals surface area contributed by atoms with Crippen molar-refractivity contribution in [2.24, 2.45) is 0 Å². The number of fused-ring (bicyclic) bond motifs is 3. The van der Waals surface area contributed by atoms with Crippen molar-refractivity contribution in [2.75, 3.05) is 0 Å². The number of benzene rings is 1. The maximum absolute atomic E-state index is 13.8. The highest BCUT2D eigenvalue weighted by molar-refractivity contribution is 5.93. The van der Waals surface area contributed by atoms with Crippen LogP contribution in [0.5, 0.6) is 0 Å². The van der Waals surface area contributed by atoms with E-state index in [1.165, 1.54) is 57.8 Å². The molecule has 4 heterocycles. The van der Waals surface area contributed by atoms with Gasteiger partial charge in [-0.3, -0.25) is 14.5 Å². The Kier molecular flexibility index (Phi) is 6.52. The second kappa shape index (κ2) is 10.1. The van der Waals surface area contributed by atoms with E-state index in [1.54, 1.807) is 0 Å². The Balaban J connectivity index is 1.29. The summed E-state index contributed by atoms with van der Waals surface area (Å²) in [5.41, 5.74) is 1.08. The largest absolute Gasteiger partial charge is 0.343 e. The van der Waals surface area contributed by atoms with Crippen LogP contribution in [0.15, 0.2) is 29.1 Å². The quantitative estimate of drug-likeness (QED) is 0.563. The first-order chi connectivity index (χ1) is 17.7. The first kappa shape index (κ1) is 23.3. The van der Waals surface area contributed by atoms with Gasteiger partial charge in [0.05, 0.1) is 17.6 Å². The third kappa shape index (κ3) is 4.42. The second-order valence-corrected chi connectivity index (χ2v) is 10.6. The van der Waals surface area contributed by atoms with Crippen LogP contribution in [0.2, 0.25) is 0 Å². The fourth-order valence-corrected chi connectivity index (χ4v) is 6.89. The summed E-state index contributed by atoms with van der Waals surface area (Å²) in [5, 5.41) is 16.3. The van der Waals surface area contributed by atoms with Crippen LogP contribution in [0, 0.1) is 0 Å². The van der Waals surface area contributed by atoms with E-state index < -0.39 is 5.91 Å².